The van der Waals surface area contributed by atoms with Gasteiger partial charge in [-0.15, -0.1) is 0 Å². The van der Waals surface area contributed by atoms with Gasteiger partial charge in [0.1, 0.15) is 6.61 Å². The number of benzene rings is 1. The lowest BCUT2D eigenvalue weighted by atomic mass is 10.1. The monoisotopic (exact) mass is 206 g/mol. The van der Waals surface area contributed by atoms with Crippen LogP contribution < -0.4 is 0 Å². The van der Waals surface area contributed by atoms with Crippen LogP contribution in [0.2, 0.25) is 0 Å². The lowest BCUT2D eigenvalue weighted by Gasteiger charge is -2.03. The molecule has 0 saturated carbocycles. The van der Waals surface area contributed by atoms with E-state index in [1.54, 1.807) is 0 Å². The molecule has 2 nitrogen and oxygen atoms in total. The maximum atomic E-state index is 11.6. The van der Waals surface area contributed by atoms with Gasteiger partial charge in [-0.1, -0.05) is 43.2 Å². The summed E-state index contributed by atoms with van der Waals surface area (Å²) in [6.45, 7) is 4.98. The molecule has 0 fully saturated rings. The molecule has 0 radical (unpaired) electrons. The summed E-state index contributed by atoms with van der Waals surface area (Å²) in [6.07, 6.45) is 2.11. The molecule has 1 rings (SSSR count). The molecule has 0 atom stereocenters. The Morgan fingerprint density at radius 1 is 1.27 bits per heavy atom. The predicted octanol–water partition coefficient (Wildman–Crippen LogP) is 2.99. The zero-order chi connectivity index (χ0) is 11.1. The van der Waals surface area contributed by atoms with Gasteiger partial charge in [0, 0.05) is 12.2 Å². The molecule has 1 aromatic carbocycles. The summed E-state index contributed by atoms with van der Waals surface area (Å²) in [5.41, 5.74) is 1.90. The summed E-state index contributed by atoms with van der Waals surface area (Å²) in [7, 11) is 0. The van der Waals surface area contributed by atoms with Crippen molar-refractivity contribution in [1.29, 1.82) is 0 Å². The molecule has 2 heteroatoms. The second-order valence-corrected chi connectivity index (χ2v) is 3.70. The third-order valence-electron chi connectivity index (χ3n) is 2.25. The van der Waals surface area contributed by atoms with E-state index in [2.05, 4.69) is 6.92 Å². The van der Waals surface area contributed by atoms with Gasteiger partial charge in [0.2, 0.25) is 0 Å². The molecule has 0 N–H and O–H groups in total. The Morgan fingerprint density at radius 2 is 1.93 bits per heavy atom. The third-order valence-corrected chi connectivity index (χ3v) is 2.25. The highest BCUT2D eigenvalue weighted by Crippen LogP contribution is 2.04. The number of hydrogen-bond acceptors (Lipinski definition) is 2. The van der Waals surface area contributed by atoms with Crippen LogP contribution in [0.25, 0.3) is 0 Å². The lowest BCUT2D eigenvalue weighted by Crippen LogP contribution is -2.09. The van der Waals surface area contributed by atoms with E-state index in [9.17, 15) is 4.79 Å². The first-order valence-corrected chi connectivity index (χ1v) is 5.41. The quantitative estimate of drug-likeness (QED) is 0.528. The van der Waals surface area contributed by atoms with Crippen LogP contribution in [0.1, 0.15) is 35.7 Å². The van der Waals surface area contributed by atoms with Gasteiger partial charge >= 0.3 is 0 Å². The summed E-state index contributed by atoms with van der Waals surface area (Å²) >= 11 is 0. The van der Waals surface area contributed by atoms with Gasteiger partial charge in [0.25, 0.3) is 0 Å². The van der Waals surface area contributed by atoms with Crippen LogP contribution in [0.4, 0.5) is 0 Å². The van der Waals surface area contributed by atoms with Gasteiger partial charge in [0.05, 0.1) is 0 Å². The highest BCUT2D eigenvalue weighted by Gasteiger charge is 2.04. The molecular weight excluding hydrogens is 188 g/mol. The van der Waals surface area contributed by atoms with Crippen molar-refractivity contribution in [1.82, 2.24) is 0 Å². The summed E-state index contributed by atoms with van der Waals surface area (Å²) in [4.78, 5) is 11.6. The average Bonchev–Trinajstić information content (AvgIpc) is 2.25. The average molecular weight is 206 g/mol. The molecule has 0 amide bonds. The number of aryl methyl sites for hydroxylation is 1. The Labute approximate surface area is 91.3 Å². The largest absolute Gasteiger partial charge is 0.373 e. The first kappa shape index (κ1) is 11.9. The number of ether oxygens (including phenoxy) is 1. The van der Waals surface area contributed by atoms with Gasteiger partial charge in [0.15, 0.2) is 5.78 Å². The van der Waals surface area contributed by atoms with Gasteiger partial charge in [-0.05, 0) is 13.3 Å². The number of hydrogen-bond donors (Lipinski definition) is 0. The molecule has 1 aromatic rings. The number of ketones is 1. The Balaban J connectivity index is 2.37. The van der Waals surface area contributed by atoms with Gasteiger partial charge in [-0.3, -0.25) is 4.79 Å². The summed E-state index contributed by atoms with van der Waals surface area (Å²) in [6, 6.07) is 7.58. The van der Waals surface area contributed by atoms with Crippen LogP contribution in [0.5, 0.6) is 0 Å². The van der Waals surface area contributed by atoms with E-state index < -0.39 is 0 Å². The van der Waals surface area contributed by atoms with E-state index in [0.717, 1.165) is 18.4 Å². The molecule has 0 unspecified atom stereocenters. The molecule has 0 aliphatic heterocycles. The normalized spacial score (nSPS) is 10.3. The van der Waals surface area contributed by atoms with Crippen LogP contribution in [0.15, 0.2) is 24.3 Å². The lowest BCUT2D eigenvalue weighted by molar-refractivity contribution is 0.0754. The van der Waals surface area contributed by atoms with Crippen molar-refractivity contribution < 1.29 is 9.53 Å². The molecule has 0 spiro atoms. The molecule has 0 saturated heterocycles. The highest BCUT2D eigenvalue weighted by atomic mass is 16.5. The van der Waals surface area contributed by atoms with E-state index in [1.165, 1.54) is 5.56 Å². The Morgan fingerprint density at radius 3 is 2.53 bits per heavy atom. The number of unbranched alkanes of at least 4 members (excludes halogenated alkanes) is 1. The molecule has 0 bridgehead atoms. The van der Waals surface area contributed by atoms with Crippen molar-refractivity contribution in [2.24, 2.45) is 0 Å². The first-order chi connectivity index (χ1) is 7.24. The SMILES string of the molecule is CCCCOCC(=O)c1ccc(C)cc1. The van der Waals surface area contributed by atoms with Crippen molar-refractivity contribution >= 4 is 5.78 Å². The van der Waals surface area contributed by atoms with E-state index in [1.807, 2.05) is 31.2 Å². The number of carbonyl (C=O) groups excluding carboxylic acids is 1. The minimum absolute atomic E-state index is 0.0612. The highest BCUT2D eigenvalue weighted by molar-refractivity contribution is 5.97. The minimum Gasteiger partial charge on any atom is -0.373 e. The standard InChI is InChI=1S/C13H18O2/c1-3-4-9-15-10-13(14)12-7-5-11(2)6-8-12/h5-8H,3-4,9-10H2,1-2H3. The van der Waals surface area contributed by atoms with E-state index in [-0.39, 0.29) is 12.4 Å². The fraction of sp³-hybridized carbons (Fsp3) is 0.462. The number of carbonyl (C=O) groups is 1. The fourth-order valence-electron chi connectivity index (χ4n) is 1.23. The van der Waals surface area contributed by atoms with E-state index >= 15 is 0 Å². The molecule has 0 aliphatic carbocycles. The molecule has 82 valence electrons. The van der Waals surface area contributed by atoms with Crippen molar-refractivity contribution in [3.8, 4) is 0 Å². The Hall–Kier alpha value is -1.15. The zero-order valence-electron chi connectivity index (χ0n) is 9.45. The van der Waals surface area contributed by atoms with E-state index in [0.29, 0.717) is 6.61 Å². The van der Waals surface area contributed by atoms with Crippen LogP contribution in [0, 0.1) is 6.92 Å². The predicted molar refractivity (Wildman–Crippen MR) is 61.2 cm³/mol. The Bertz CT molecular complexity index is 301. The minimum atomic E-state index is 0.0612. The summed E-state index contributed by atoms with van der Waals surface area (Å²) in [5.74, 6) is 0.0612. The molecular formula is C13H18O2. The Kier molecular flexibility index (Phi) is 5.05. The molecule has 0 aliphatic rings. The van der Waals surface area contributed by atoms with Crippen molar-refractivity contribution in [3.63, 3.8) is 0 Å². The fourth-order valence-corrected chi connectivity index (χ4v) is 1.23. The zero-order valence-corrected chi connectivity index (χ0v) is 9.45. The van der Waals surface area contributed by atoms with Crippen LogP contribution in [-0.2, 0) is 4.74 Å². The molecule has 0 heterocycles. The first-order valence-electron chi connectivity index (χ1n) is 5.41. The summed E-state index contributed by atoms with van der Waals surface area (Å²) in [5, 5.41) is 0. The molecule has 0 aromatic heterocycles. The van der Waals surface area contributed by atoms with Gasteiger partial charge in [-0.25, -0.2) is 0 Å². The smallest absolute Gasteiger partial charge is 0.188 e. The van der Waals surface area contributed by atoms with Gasteiger partial charge in [-0.2, -0.15) is 0 Å². The maximum Gasteiger partial charge on any atom is 0.188 e. The summed E-state index contributed by atoms with van der Waals surface area (Å²) < 4.78 is 5.27. The van der Waals surface area contributed by atoms with Crippen LogP contribution in [0.3, 0.4) is 0 Å². The topological polar surface area (TPSA) is 26.3 Å². The van der Waals surface area contributed by atoms with Crippen molar-refractivity contribution in [3.05, 3.63) is 35.4 Å². The van der Waals surface area contributed by atoms with Crippen LogP contribution in [-0.4, -0.2) is 19.0 Å². The van der Waals surface area contributed by atoms with Crippen molar-refractivity contribution in [2.45, 2.75) is 26.7 Å². The number of Topliss-reactive ketones (excluding diaryl/α,β-unsaturated/α-hetero) is 1. The van der Waals surface area contributed by atoms with Crippen LogP contribution >= 0.6 is 0 Å². The third kappa shape index (κ3) is 4.26. The van der Waals surface area contributed by atoms with E-state index in [4.69, 9.17) is 4.74 Å². The number of rotatable bonds is 6. The second-order valence-electron chi connectivity index (χ2n) is 3.70. The van der Waals surface area contributed by atoms with Crippen molar-refractivity contribution in [2.75, 3.05) is 13.2 Å². The maximum absolute atomic E-state index is 11.6. The van der Waals surface area contributed by atoms with Gasteiger partial charge < -0.3 is 4.74 Å². The second kappa shape index (κ2) is 6.36. The molecule has 15 heavy (non-hydrogen) atoms.